The fourth-order valence-corrected chi connectivity index (χ4v) is 4.28. The zero-order valence-corrected chi connectivity index (χ0v) is 21.3. The van der Waals surface area contributed by atoms with Crippen molar-refractivity contribution < 1.29 is 33.3 Å². The van der Waals surface area contributed by atoms with Crippen molar-refractivity contribution in [1.82, 2.24) is 5.32 Å². The number of amides is 1. The van der Waals surface area contributed by atoms with Gasteiger partial charge in [-0.25, -0.2) is 4.79 Å². The second-order valence-electron chi connectivity index (χ2n) is 9.55. The summed E-state index contributed by atoms with van der Waals surface area (Å²) in [7, 11) is 4.65. The van der Waals surface area contributed by atoms with Crippen molar-refractivity contribution in [3.8, 4) is 17.2 Å². The van der Waals surface area contributed by atoms with Gasteiger partial charge in [-0.1, -0.05) is 36.4 Å². The van der Waals surface area contributed by atoms with Crippen molar-refractivity contribution in [2.24, 2.45) is 5.92 Å². The van der Waals surface area contributed by atoms with Crippen molar-refractivity contribution in [3.05, 3.63) is 53.6 Å². The molecule has 190 valence electrons. The standard InChI is InChI=1S/C27H35NO7/c1-27(2,3)35-26(30)28-20(14-17-10-8-7-9-11-17)22-16-19(25(29)34-22)15-18-12-13-21(31-4)24(33-6)23(18)32-5/h7-13,19-20,22H,14-16H2,1-6H3,(H,28,30)/t19-,20+,22+/m1/s1. The van der Waals surface area contributed by atoms with E-state index in [-0.39, 0.29) is 5.97 Å². The highest BCUT2D eigenvalue weighted by atomic mass is 16.6. The Morgan fingerprint density at radius 1 is 1.03 bits per heavy atom. The van der Waals surface area contributed by atoms with Gasteiger partial charge in [-0.2, -0.15) is 0 Å². The Hall–Kier alpha value is -3.42. The van der Waals surface area contributed by atoms with E-state index in [1.165, 1.54) is 0 Å². The molecule has 8 nitrogen and oxygen atoms in total. The number of alkyl carbamates (subject to hydrolysis) is 1. The van der Waals surface area contributed by atoms with Gasteiger partial charge in [-0.05, 0) is 50.8 Å². The number of cyclic esters (lactones) is 1. The Kier molecular flexibility index (Phi) is 8.48. The van der Waals surface area contributed by atoms with E-state index in [0.29, 0.717) is 36.5 Å². The summed E-state index contributed by atoms with van der Waals surface area (Å²) < 4.78 is 27.6. The average molecular weight is 486 g/mol. The molecule has 1 N–H and O–H groups in total. The molecule has 0 bridgehead atoms. The Balaban J connectivity index is 1.79. The first-order chi connectivity index (χ1) is 16.6. The average Bonchev–Trinajstić information content (AvgIpc) is 3.17. The number of rotatable bonds is 9. The molecule has 1 aliphatic heterocycles. The van der Waals surface area contributed by atoms with E-state index in [9.17, 15) is 9.59 Å². The zero-order valence-electron chi connectivity index (χ0n) is 21.3. The number of nitrogens with one attached hydrogen (secondary N) is 1. The maximum atomic E-state index is 12.9. The van der Waals surface area contributed by atoms with Crippen molar-refractivity contribution in [2.45, 2.75) is 57.8 Å². The summed E-state index contributed by atoms with van der Waals surface area (Å²) in [6.07, 6.45) is 0.322. The first-order valence-electron chi connectivity index (χ1n) is 11.7. The van der Waals surface area contributed by atoms with E-state index in [4.69, 9.17) is 23.7 Å². The van der Waals surface area contributed by atoms with Crippen LogP contribution in [0, 0.1) is 5.92 Å². The van der Waals surface area contributed by atoms with Gasteiger partial charge in [0.1, 0.15) is 11.7 Å². The SMILES string of the molecule is COc1ccc(C[C@@H]2C[C@@H]([C@H](Cc3ccccc3)NC(=O)OC(C)(C)C)OC2=O)c(OC)c1OC. The van der Waals surface area contributed by atoms with Gasteiger partial charge >= 0.3 is 12.1 Å². The highest BCUT2D eigenvalue weighted by molar-refractivity contribution is 5.76. The maximum absolute atomic E-state index is 12.9. The molecule has 8 heteroatoms. The first kappa shape index (κ1) is 26.2. The molecular weight excluding hydrogens is 450 g/mol. The van der Waals surface area contributed by atoms with Gasteiger partial charge in [0.05, 0.1) is 33.3 Å². The lowest BCUT2D eigenvalue weighted by molar-refractivity contribution is -0.145. The van der Waals surface area contributed by atoms with Crippen LogP contribution in [0.2, 0.25) is 0 Å². The summed E-state index contributed by atoms with van der Waals surface area (Å²) in [4.78, 5) is 25.4. The third-order valence-electron chi connectivity index (χ3n) is 5.82. The monoisotopic (exact) mass is 485 g/mol. The molecule has 0 saturated carbocycles. The molecule has 0 aromatic heterocycles. The topological polar surface area (TPSA) is 92.3 Å². The van der Waals surface area contributed by atoms with Crippen molar-refractivity contribution in [2.75, 3.05) is 21.3 Å². The van der Waals surface area contributed by atoms with Gasteiger partial charge in [0.25, 0.3) is 0 Å². The fourth-order valence-electron chi connectivity index (χ4n) is 4.28. The molecule has 0 aliphatic carbocycles. The van der Waals surface area contributed by atoms with E-state index in [1.807, 2.05) is 36.4 Å². The molecule has 1 heterocycles. The molecule has 1 fully saturated rings. The number of esters is 1. The summed E-state index contributed by atoms with van der Waals surface area (Å²) in [5, 5.41) is 2.93. The molecule has 3 rings (SSSR count). The van der Waals surface area contributed by atoms with E-state index in [2.05, 4.69) is 5.32 Å². The van der Waals surface area contributed by atoms with Gasteiger partial charge in [-0.15, -0.1) is 0 Å². The normalized spacial score (nSPS) is 18.4. The number of hydrogen-bond donors (Lipinski definition) is 1. The molecule has 0 spiro atoms. The highest BCUT2D eigenvalue weighted by Crippen LogP contribution is 2.41. The molecular formula is C27H35NO7. The minimum atomic E-state index is -0.639. The van der Waals surface area contributed by atoms with Gasteiger partial charge < -0.3 is 29.0 Å². The third kappa shape index (κ3) is 6.81. The van der Waals surface area contributed by atoms with E-state index < -0.39 is 29.8 Å². The second kappa shape index (κ2) is 11.3. The maximum Gasteiger partial charge on any atom is 0.408 e. The number of benzene rings is 2. The Bertz CT molecular complexity index is 1020. The van der Waals surface area contributed by atoms with Crippen LogP contribution in [-0.4, -0.2) is 51.1 Å². The summed E-state index contributed by atoms with van der Waals surface area (Å²) >= 11 is 0. The molecule has 0 radical (unpaired) electrons. The zero-order chi connectivity index (χ0) is 25.6. The molecule has 3 atom stereocenters. The van der Waals surface area contributed by atoms with Gasteiger partial charge in [0.15, 0.2) is 11.5 Å². The van der Waals surface area contributed by atoms with Crippen LogP contribution < -0.4 is 19.5 Å². The number of carbonyl (C=O) groups is 2. The molecule has 0 unspecified atom stereocenters. The summed E-state index contributed by atoms with van der Waals surface area (Å²) in [5.74, 6) is 0.839. The predicted molar refractivity (Wildman–Crippen MR) is 131 cm³/mol. The number of methoxy groups -OCH3 is 3. The molecule has 35 heavy (non-hydrogen) atoms. The van der Waals surface area contributed by atoms with Crippen molar-refractivity contribution >= 4 is 12.1 Å². The van der Waals surface area contributed by atoms with E-state index >= 15 is 0 Å². The largest absolute Gasteiger partial charge is 0.493 e. The van der Waals surface area contributed by atoms with Crippen LogP contribution in [0.15, 0.2) is 42.5 Å². The van der Waals surface area contributed by atoms with Gasteiger partial charge in [-0.3, -0.25) is 4.79 Å². The van der Waals surface area contributed by atoms with Crippen LogP contribution in [0.3, 0.4) is 0 Å². The van der Waals surface area contributed by atoms with Crippen LogP contribution in [0.5, 0.6) is 17.2 Å². The fraction of sp³-hybridized carbons (Fsp3) is 0.481. The van der Waals surface area contributed by atoms with Crippen LogP contribution in [0.4, 0.5) is 4.79 Å². The van der Waals surface area contributed by atoms with Crippen LogP contribution in [-0.2, 0) is 27.1 Å². The second-order valence-corrected chi connectivity index (χ2v) is 9.55. The lowest BCUT2D eigenvalue weighted by Crippen LogP contribution is -2.46. The van der Waals surface area contributed by atoms with Crippen LogP contribution in [0.25, 0.3) is 0 Å². The molecule has 2 aromatic rings. The summed E-state index contributed by atoms with van der Waals surface area (Å²) in [5.41, 5.74) is 1.20. The Labute approximate surface area is 206 Å². The number of hydrogen-bond acceptors (Lipinski definition) is 7. The third-order valence-corrected chi connectivity index (χ3v) is 5.82. The first-order valence-corrected chi connectivity index (χ1v) is 11.7. The van der Waals surface area contributed by atoms with E-state index in [0.717, 1.165) is 11.1 Å². The molecule has 2 aromatic carbocycles. The van der Waals surface area contributed by atoms with Crippen LogP contribution >= 0.6 is 0 Å². The number of ether oxygens (including phenoxy) is 5. The van der Waals surface area contributed by atoms with Crippen molar-refractivity contribution in [1.29, 1.82) is 0 Å². The minimum Gasteiger partial charge on any atom is -0.493 e. The van der Waals surface area contributed by atoms with Crippen LogP contribution in [0.1, 0.15) is 38.3 Å². The lowest BCUT2D eigenvalue weighted by atomic mass is 9.91. The number of carbonyl (C=O) groups excluding carboxylic acids is 2. The quantitative estimate of drug-likeness (QED) is 0.529. The summed E-state index contributed by atoms with van der Waals surface area (Å²) in [6, 6.07) is 13.0. The molecule has 1 amide bonds. The van der Waals surface area contributed by atoms with Crippen molar-refractivity contribution in [3.63, 3.8) is 0 Å². The van der Waals surface area contributed by atoms with Gasteiger partial charge in [0, 0.05) is 6.42 Å². The predicted octanol–water partition coefficient (Wildman–Crippen LogP) is 4.32. The lowest BCUT2D eigenvalue weighted by Gasteiger charge is -2.26. The highest BCUT2D eigenvalue weighted by Gasteiger charge is 2.40. The van der Waals surface area contributed by atoms with Gasteiger partial charge in [0.2, 0.25) is 5.75 Å². The molecule has 1 saturated heterocycles. The Morgan fingerprint density at radius 2 is 1.71 bits per heavy atom. The minimum absolute atomic E-state index is 0.309. The smallest absolute Gasteiger partial charge is 0.408 e. The molecule has 1 aliphatic rings. The van der Waals surface area contributed by atoms with E-state index in [1.54, 1.807) is 48.2 Å². The Morgan fingerprint density at radius 3 is 2.31 bits per heavy atom. The summed E-state index contributed by atoms with van der Waals surface area (Å²) in [6.45, 7) is 5.42.